The molecule has 340 valence electrons. The molecule has 0 heterocycles. The Bertz CT molecular complexity index is 1270. The first-order valence-electron chi connectivity index (χ1n) is 22.1. The third kappa shape index (κ3) is 27.9. The normalized spacial score (nSPS) is 22.9. The topological polar surface area (TPSA) is 210 Å². The first kappa shape index (κ1) is 54.6. The lowest BCUT2D eigenvalue weighted by Crippen LogP contribution is -2.64. The van der Waals surface area contributed by atoms with Gasteiger partial charge in [-0.15, -0.1) is 0 Å². The van der Waals surface area contributed by atoms with Crippen LogP contribution in [0.15, 0.2) is 60.8 Å². The van der Waals surface area contributed by atoms with Crippen molar-refractivity contribution in [2.75, 3.05) is 13.2 Å². The smallest absolute Gasteiger partial charge is 0.462 e. The van der Waals surface area contributed by atoms with Crippen LogP contribution in [0.25, 0.3) is 0 Å². The van der Waals surface area contributed by atoms with Gasteiger partial charge >= 0.3 is 19.8 Å². The second-order valence-electron chi connectivity index (χ2n) is 15.2. The number of hydrogen-bond donors (Lipinski definition) is 6. The van der Waals surface area contributed by atoms with Crippen LogP contribution in [0.1, 0.15) is 155 Å². The van der Waals surface area contributed by atoms with E-state index >= 15 is 0 Å². The van der Waals surface area contributed by atoms with E-state index in [9.17, 15) is 44.6 Å². The molecule has 0 radical (unpaired) electrons. The summed E-state index contributed by atoms with van der Waals surface area (Å²) in [5.74, 6) is -1.21. The van der Waals surface area contributed by atoms with E-state index in [-0.39, 0.29) is 12.8 Å². The van der Waals surface area contributed by atoms with Gasteiger partial charge in [-0.3, -0.25) is 18.6 Å². The summed E-state index contributed by atoms with van der Waals surface area (Å²) >= 11 is 0. The number of allylic oxidation sites excluding steroid dienone is 10. The van der Waals surface area contributed by atoms with Gasteiger partial charge in [-0.05, 0) is 64.2 Å². The molecule has 6 N–H and O–H groups in total. The number of aliphatic hydroxyl groups is 5. The summed E-state index contributed by atoms with van der Waals surface area (Å²) in [6.45, 7) is 3.10. The predicted octanol–water partition coefficient (Wildman–Crippen LogP) is 8.16. The number of carbonyl (C=O) groups excluding carboxylic acids is 2. The van der Waals surface area contributed by atoms with Gasteiger partial charge in [0.25, 0.3) is 0 Å². The monoisotopic (exact) mass is 857 g/mol. The Morgan fingerprint density at radius 3 is 1.56 bits per heavy atom. The van der Waals surface area contributed by atoms with Gasteiger partial charge in [0, 0.05) is 12.8 Å². The Hall–Kier alpha value is -2.45. The lowest BCUT2D eigenvalue weighted by Gasteiger charge is -2.41. The van der Waals surface area contributed by atoms with Crippen LogP contribution in [0.3, 0.4) is 0 Å². The van der Waals surface area contributed by atoms with Crippen LogP contribution in [0.2, 0.25) is 0 Å². The minimum atomic E-state index is -5.14. The SMILES string of the molecule is CC/C=C/C/C=C/C/C=C/C/C=C/CCCCC(=O)O[C@H](COC(=O)CC/C=C/CCCCCCCCCCCCC)COP(=O)(O)OC1C(O)C(O)C(O)[C@@H](O)C1O. The molecule has 8 atom stereocenters. The Morgan fingerprint density at radius 2 is 1.00 bits per heavy atom. The second-order valence-corrected chi connectivity index (χ2v) is 16.6. The fourth-order valence-corrected chi connectivity index (χ4v) is 7.27. The summed E-state index contributed by atoms with van der Waals surface area (Å²) in [6, 6.07) is 0. The highest BCUT2D eigenvalue weighted by atomic mass is 31.2. The number of carbonyl (C=O) groups is 2. The maximum absolute atomic E-state index is 12.8. The van der Waals surface area contributed by atoms with E-state index < -0.39 is 75.7 Å². The van der Waals surface area contributed by atoms with E-state index in [1.807, 2.05) is 12.2 Å². The molecule has 0 aromatic carbocycles. The number of unbranched alkanes of at least 4 members (excludes halogenated alkanes) is 13. The minimum Gasteiger partial charge on any atom is -0.462 e. The molecule has 13 nitrogen and oxygen atoms in total. The van der Waals surface area contributed by atoms with E-state index in [0.717, 1.165) is 44.9 Å². The minimum absolute atomic E-state index is 0.0355. The second kappa shape index (κ2) is 35.2. The number of aliphatic hydroxyl groups excluding tert-OH is 5. The van der Waals surface area contributed by atoms with Crippen molar-refractivity contribution in [3.8, 4) is 0 Å². The van der Waals surface area contributed by atoms with Gasteiger partial charge in [-0.2, -0.15) is 0 Å². The highest BCUT2D eigenvalue weighted by Crippen LogP contribution is 2.47. The van der Waals surface area contributed by atoms with Crippen molar-refractivity contribution in [2.45, 2.75) is 198 Å². The van der Waals surface area contributed by atoms with E-state index in [2.05, 4.69) is 62.5 Å². The van der Waals surface area contributed by atoms with E-state index in [4.69, 9.17) is 18.5 Å². The molecule has 0 aromatic heterocycles. The summed E-state index contributed by atoms with van der Waals surface area (Å²) in [4.78, 5) is 35.6. The molecule has 1 fully saturated rings. The van der Waals surface area contributed by atoms with E-state index in [1.165, 1.54) is 64.2 Å². The van der Waals surface area contributed by atoms with Gasteiger partial charge in [0.1, 0.15) is 43.2 Å². The van der Waals surface area contributed by atoms with Crippen molar-refractivity contribution in [2.24, 2.45) is 0 Å². The number of phosphoric acid groups is 1. The fraction of sp³-hybridized carbons (Fsp3) is 0.733. The average molecular weight is 857 g/mol. The summed E-state index contributed by atoms with van der Waals surface area (Å²) in [6.07, 6.45) is 28.7. The molecular formula is C45H77O13P. The predicted molar refractivity (Wildman–Crippen MR) is 230 cm³/mol. The van der Waals surface area contributed by atoms with Crippen molar-refractivity contribution in [1.82, 2.24) is 0 Å². The summed E-state index contributed by atoms with van der Waals surface area (Å²) in [5, 5.41) is 50.1. The van der Waals surface area contributed by atoms with E-state index in [1.54, 1.807) is 0 Å². The highest BCUT2D eigenvalue weighted by molar-refractivity contribution is 7.47. The third-order valence-corrected chi connectivity index (χ3v) is 10.8. The Kier molecular flexibility index (Phi) is 32.5. The molecule has 0 aromatic rings. The van der Waals surface area contributed by atoms with Gasteiger partial charge in [0.15, 0.2) is 6.10 Å². The van der Waals surface area contributed by atoms with Crippen molar-refractivity contribution >= 4 is 19.8 Å². The molecule has 0 saturated heterocycles. The molecule has 1 saturated carbocycles. The molecular weight excluding hydrogens is 779 g/mol. The van der Waals surface area contributed by atoms with Crippen LogP contribution in [-0.4, -0.2) is 98.3 Å². The molecule has 1 aliphatic rings. The first-order valence-corrected chi connectivity index (χ1v) is 23.6. The molecule has 14 heteroatoms. The van der Waals surface area contributed by atoms with Gasteiger partial charge < -0.3 is 39.9 Å². The van der Waals surface area contributed by atoms with Crippen LogP contribution in [0, 0.1) is 0 Å². The number of phosphoric ester groups is 1. The molecule has 0 bridgehead atoms. The first-order chi connectivity index (χ1) is 28.4. The summed E-state index contributed by atoms with van der Waals surface area (Å²) < 4.78 is 33.4. The number of hydrogen-bond acceptors (Lipinski definition) is 12. The van der Waals surface area contributed by atoms with Gasteiger partial charge in [0.2, 0.25) is 0 Å². The zero-order valence-corrected chi connectivity index (χ0v) is 36.7. The Balaban J connectivity index is 2.54. The maximum Gasteiger partial charge on any atom is 0.472 e. The van der Waals surface area contributed by atoms with Crippen molar-refractivity contribution in [3.05, 3.63) is 60.8 Å². The third-order valence-electron chi connectivity index (χ3n) is 9.86. The molecule has 1 aliphatic carbocycles. The van der Waals surface area contributed by atoms with E-state index in [0.29, 0.717) is 19.3 Å². The van der Waals surface area contributed by atoms with Gasteiger partial charge in [-0.1, -0.05) is 139 Å². The molecule has 0 amide bonds. The Morgan fingerprint density at radius 1 is 0.542 bits per heavy atom. The van der Waals surface area contributed by atoms with Crippen LogP contribution in [0.4, 0.5) is 0 Å². The quantitative estimate of drug-likeness (QED) is 0.0154. The Labute approximate surface area is 353 Å². The lowest BCUT2D eigenvalue weighted by molar-refractivity contribution is -0.220. The maximum atomic E-state index is 12.8. The molecule has 59 heavy (non-hydrogen) atoms. The van der Waals surface area contributed by atoms with Crippen LogP contribution in [-0.2, 0) is 32.7 Å². The molecule has 0 spiro atoms. The fourth-order valence-electron chi connectivity index (χ4n) is 6.29. The lowest BCUT2D eigenvalue weighted by atomic mass is 9.85. The largest absolute Gasteiger partial charge is 0.472 e. The molecule has 1 rings (SSSR count). The standard InChI is InChI=1S/C45H77O13P/c1-3-5-7-9-11-13-15-17-19-21-23-25-27-29-31-33-38(46)55-35-37(36-56-59(53,54)58-45-43(51)41(49)40(48)42(50)44(45)52)57-39(47)34-32-30-28-26-24-22-20-18-16-14-12-10-8-6-4-2/h6,8,12,14,18,20,24,26-27,29,37,40-45,48-52H,3-5,7,9-11,13,15-17,19,21-23,25,28,30-36H2,1-2H3,(H,53,54)/b8-6+,14-12+,20-18+,26-24+,29-27+/t37-,40?,41-,42?,43?,44?,45?/m1/s1. The van der Waals surface area contributed by atoms with Crippen molar-refractivity contribution < 1.29 is 63.1 Å². The average Bonchev–Trinajstić information content (AvgIpc) is 3.21. The number of ether oxygens (including phenoxy) is 2. The zero-order chi connectivity index (χ0) is 43.6. The van der Waals surface area contributed by atoms with Crippen LogP contribution < -0.4 is 0 Å². The zero-order valence-electron chi connectivity index (χ0n) is 35.8. The number of esters is 2. The molecule has 6 unspecified atom stereocenters. The molecule has 0 aliphatic heterocycles. The number of rotatable bonds is 35. The van der Waals surface area contributed by atoms with Crippen LogP contribution >= 0.6 is 7.82 Å². The van der Waals surface area contributed by atoms with Gasteiger partial charge in [-0.25, -0.2) is 4.57 Å². The summed E-state index contributed by atoms with van der Waals surface area (Å²) in [7, 11) is -5.14. The van der Waals surface area contributed by atoms with Crippen molar-refractivity contribution in [3.63, 3.8) is 0 Å². The highest BCUT2D eigenvalue weighted by Gasteiger charge is 2.51. The summed E-state index contributed by atoms with van der Waals surface area (Å²) in [5.41, 5.74) is 0. The van der Waals surface area contributed by atoms with Crippen LogP contribution in [0.5, 0.6) is 0 Å². The van der Waals surface area contributed by atoms with Crippen molar-refractivity contribution in [1.29, 1.82) is 0 Å². The van der Waals surface area contributed by atoms with Gasteiger partial charge in [0.05, 0.1) is 6.61 Å².